The quantitative estimate of drug-likeness (QED) is 0.426. The van der Waals surface area contributed by atoms with Crippen LogP contribution >= 0.6 is 11.8 Å². The Morgan fingerprint density at radius 3 is 2.70 bits per heavy atom. The van der Waals surface area contributed by atoms with Crippen LogP contribution in [0.1, 0.15) is 6.42 Å². The van der Waals surface area contributed by atoms with Crippen molar-refractivity contribution in [3.63, 3.8) is 0 Å². The molecule has 0 fully saturated rings. The highest BCUT2D eigenvalue weighted by Crippen LogP contribution is 1.99. The van der Waals surface area contributed by atoms with Crippen LogP contribution in [0.5, 0.6) is 0 Å². The second-order valence-corrected chi connectivity index (χ2v) is 3.55. The maximum atomic E-state index is 9.87. The zero-order valence-electron chi connectivity index (χ0n) is 6.67. The summed E-state index contributed by atoms with van der Waals surface area (Å²) in [5.41, 5.74) is 0. The van der Waals surface area contributed by atoms with Gasteiger partial charge in [-0.2, -0.15) is 11.8 Å². The van der Waals surface area contributed by atoms with Crippen molar-refractivity contribution >= 4 is 18.0 Å². The molecule has 0 aliphatic rings. The lowest BCUT2D eigenvalue weighted by Gasteiger charge is -2.07. The van der Waals surface area contributed by atoms with Crippen LogP contribution < -0.4 is 0 Å². The topological polar surface area (TPSA) is 20.3 Å². The predicted octanol–water partition coefficient (Wildman–Crippen LogP) is 0.870. The van der Waals surface area contributed by atoms with Crippen molar-refractivity contribution in [3.8, 4) is 0 Å². The minimum atomic E-state index is 0.646. The number of hydrogen-bond acceptors (Lipinski definition) is 3. The molecular weight excluding hydrogens is 146 g/mol. The third kappa shape index (κ3) is 7.98. The molecule has 0 aliphatic heterocycles. The normalized spacial score (nSPS) is 10.3. The second kappa shape index (κ2) is 7.09. The Morgan fingerprint density at radius 2 is 2.20 bits per heavy atom. The molecule has 60 valence electrons. The smallest absolute Gasteiger partial charge is 0.129 e. The predicted molar refractivity (Wildman–Crippen MR) is 46.6 cm³/mol. The molecule has 0 amide bonds. The van der Waals surface area contributed by atoms with E-state index in [1.165, 1.54) is 6.42 Å². The van der Waals surface area contributed by atoms with E-state index in [2.05, 4.69) is 19.0 Å². The van der Waals surface area contributed by atoms with Crippen molar-refractivity contribution in [2.75, 3.05) is 32.1 Å². The van der Waals surface area contributed by atoms with E-state index in [0.29, 0.717) is 5.75 Å². The fourth-order valence-electron chi connectivity index (χ4n) is 0.614. The van der Waals surface area contributed by atoms with E-state index in [1.807, 2.05) is 0 Å². The standard InChI is InChI=1S/C7H15NOS/c1-8(2)4-3-6-10-7-5-9/h5H,3-4,6-7H2,1-2H3. The van der Waals surface area contributed by atoms with E-state index in [1.54, 1.807) is 11.8 Å². The molecule has 0 aromatic heterocycles. The van der Waals surface area contributed by atoms with Gasteiger partial charge in [0, 0.05) is 5.75 Å². The molecule has 0 aliphatic carbocycles. The van der Waals surface area contributed by atoms with Crippen LogP contribution in [-0.4, -0.2) is 43.3 Å². The van der Waals surface area contributed by atoms with Crippen molar-refractivity contribution in [2.45, 2.75) is 6.42 Å². The van der Waals surface area contributed by atoms with Crippen LogP contribution in [0, 0.1) is 0 Å². The van der Waals surface area contributed by atoms with Crippen LogP contribution in [0.4, 0.5) is 0 Å². The molecule has 0 saturated carbocycles. The van der Waals surface area contributed by atoms with Gasteiger partial charge in [0.2, 0.25) is 0 Å². The average molecular weight is 161 g/mol. The first-order valence-corrected chi connectivity index (χ1v) is 4.59. The maximum absolute atomic E-state index is 9.87. The number of hydrogen-bond donors (Lipinski definition) is 0. The average Bonchev–Trinajstić information content (AvgIpc) is 1.87. The zero-order valence-corrected chi connectivity index (χ0v) is 7.49. The van der Waals surface area contributed by atoms with Gasteiger partial charge in [-0.1, -0.05) is 0 Å². The molecule has 3 heteroatoms. The monoisotopic (exact) mass is 161 g/mol. The number of thioether (sulfide) groups is 1. The lowest BCUT2D eigenvalue weighted by atomic mass is 10.5. The van der Waals surface area contributed by atoms with E-state index < -0.39 is 0 Å². The summed E-state index contributed by atoms with van der Waals surface area (Å²) < 4.78 is 0. The number of aldehydes is 1. The fourth-order valence-corrected chi connectivity index (χ4v) is 1.21. The summed E-state index contributed by atoms with van der Waals surface area (Å²) in [4.78, 5) is 12.0. The molecule has 0 unspecified atom stereocenters. The lowest BCUT2D eigenvalue weighted by molar-refractivity contribution is -0.105. The molecular formula is C7H15NOS. The summed E-state index contributed by atoms with van der Waals surface area (Å²) >= 11 is 1.70. The molecule has 0 bridgehead atoms. The van der Waals surface area contributed by atoms with Crippen molar-refractivity contribution < 1.29 is 4.79 Å². The van der Waals surface area contributed by atoms with Gasteiger partial charge < -0.3 is 9.69 Å². The summed E-state index contributed by atoms with van der Waals surface area (Å²) in [7, 11) is 4.12. The highest BCUT2D eigenvalue weighted by atomic mass is 32.2. The summed E-state index contributed by atoms with van der Waals surface area (Å²) in [5.74, 6) is 1.74. The molecule has 0 rings (SSSR count). The molecule has 2 nitrogen and oxygen atoms in total. The number of carbonyl (C=O) groups is 1. The van der Waals surface area contributed by atoms with Crippen molar-refractivity contribution in [2.24, 2.45) is 0 Å². The highest BCUT2D eigenvalue weighted by Gasteiger charge is 1.90. The summed E-state index contributed by atoms with van der Waals surface area (Å²) in [6, 6.07) is 0. The second-order valence-electron chi connectivity index (χ2n) is 2.40. The van der Waals surface area contributed by atoms with Gasteiger partial charge in [0.25, 0.3) is 0 Å². The minimum Gasteiger partial charge on any atom is -0.309 e. The molecule has 0 radical (unpaired) electrons. The van der Waals surface area contributed by atoms with Gasteiger partial charge in [0.1, 0.15) is 6.29 Å². The molecule has 10 heavy (non-hydrogen) atoms. The van der Waals surface area contributed by atoms with Crippen LogP contribution in [0.3, 0.4) is 0 Å². The van der Waals surface area contributed by atoms with Gasteiger partial charge in [0.05, 0.1) is 0 Å². The van der Waals surface area contributed by atoms with Crippen molar-refractivity contribution in [3.05, 3.63) is 0 Å². The Balaban J connectivity index is 2.83. The van der Waals surface area contributed by atoms with E-state index >= 15 is 0 Å². The fraction of sp³-hybridized carbons (Fsp3) is 0.857. The van der Waals surface area contributed by atoms with Gasteiger partial charge in [-0.05, 0) is 32.8 Å². The van der Waals surface area contributed by atoms with E-state index in [-0.39, 0.29) is 0 Å². The molecule has 0 aromatic rings. The summed E-state index contributed by atoms with van der Waals surface area (Å²) in [6.45, 7) is 1.12. The van der Waals surface area contributed by atoms with Crippen molar-refractivity contribution in [1.82, 2.24) is 4.90 Å². The van der Waals surface area contributed by atoms with E-state index in [4.69, 9.17) is 0 Å². The third-order valence-electron chi connectivity index (χ3n) is 1.08. The van der Waals surface area contributed by atoms with Gasteiger partial charge in [-0.25, -0.2) is 0 Å². The molecule has 0 heterocycles. The van der Waals surface area contributed by atoms with Crippen LogP contribution in [0.2, 0.25) is 0 Å². The van der Waals surface area contributed by atoms with Gasteiger partial charge >= 0.3 is 0 Å². The van der Waals surface area contributed by atoms with Crippen molar-refractivity contribution in [1.29, 1.82) is 0 Å². The number of nitrogens with zero attached hydrogens (tertiary/aromatic N) is 1. The largest absolute Gasteiger partial charge is 0.309 e. The number of rotatable bonds is 6. The van der Waals surface area contributed by atoms with E-state index in [0.717, 1.165) is 18.6 Å². The molecule has 0 saturated heterocycles. The van der Waals surface area contributed by atoms with Crippen LogP contribution in [0.25, 0.3) is 0 Å². The van der Waals surface area contributed by atoms with Gasteiger partial charge in [-0.3, -0.25) is 0 Å². The summed E-state index contributed by atoms with van der Waals surface area (Å²) in [5, 5.41) is 0. The molecule has 0 atom stereocenters. The molecule has 0 aromatic carbocycles. The Labute approximate surface area is 67.0 Å². The van der Waals surface area contributed by atoms with E-state index in [9.17, 15) is 4.79 Å². The Morgan fingerprint density at radius 1 is 1.50 bits per heavy atom. The Bertz CT molecular complexity index is 85.7. The third-order valence-corrected chi connectivity index (χ3v) is 2.03. The van der Waals surface area contributed by atoms with Crippen LogP contribution in [0.15, 0.2) is 0 Å². The highest BCUT2D eigenvalue weighted by molar-refractivity contribution is 7.99. The Hall–Kier alpha value is -0.0200. The summed E-state index contributed by atoms with van der Waals surface area (Å²) in [6.07, 6.45) is 2.13. The zero-order chi connectivity index (χ0) is 7.82. The molecule has 0 spiro atoms. The Kier molecular flexibility index (Phi) is 7.08. The first-order valence-electron chi connectivity index (χ1n) is 3.43. The molecule has 0 N–H and O–H groups in total. The lowest BCUT2D eigenvalue weighted by Crippen LogP contribution is -2.13. The van der Waals surface area contributed by atoms with Gasteiger partial charge in [0.15, 0.2) is 0 Å². The maximum Gasteiger partial charge on any atom is 0.129 e. The number of carbonyl (C=O) groups excluding carboxylic acids is 1. The SMILES string of the molecule is CN(C)CCCSCC=O. The first-order chi connectivity index (χ1) is 4.77. The van der Waals surface area contributed by atoms with Crippen LogP contribution in [-0.2, 0) is 4.79 Å². The minimum absolute atomic E-state index is 0.646. The first kappa shape index (κ1) is 9.98. The van der Waals surface area contributed by atoms with Gasteiger partial charge in [-0.15, -0.1) is 0 Å².